The molecule has 0 spiro atoms. The Morgan fingerprint density at radius 2 is 1.92 bits per heavy atom. The summed E-state index contributed by atoms with van der Waals surface area (Å²) in [4.78, 5) is 11.9. The normalized spacial score (nSPS) is 12.3. The molecule has 138 valence electrons. The molecule has 10 heteroatoms. The molecule has 0 heterocycles. The first-order chi connectivity index (χ1) is 10.7. The molecule has 1 aromatic rings. The van der Waals surface area contributed by atoms with Crippen molar-refractivity contribution >= 4 is 27.4 Å². The summed E-state index contributed by atoms with van der Waals surface area (Å²) < 4.78 is 49.0. The van der Waals surface area contributed by atoms with E-state index in [0.29, 0.717) is 5.56 Å². The molecule has 24 heavy (non-hydrogen) atoms. The molecule has 2 N–H and O–H groups in total. The number of benzene rings is 1. The highest BCUT2D eigenvalue weighted by molar-refractivity contribution is 7.81. The zero-order chi connectivity index (χ0) is 17.5. The molecule has 0 radical (unpaired) electrons. The molecule has 1 unspecified atom stereocenters. The zero-order valence-electron chi connectivity index (χ0n) is 12.8. The van der Waals surface area contributed by atoms with E-state index >= 15 is 0 Å². The Kier molecular flexibility index (Phi) is 9.93. The molecule has 0 aliphatic rings. The van der Waals surface area contributed by atoms with E-state index in [9.17, 15) is 17.4 Å². The van der Waals surface area contributed by atoms with Gasteiger partial charge in [0.1, 0.15) is 0 Å². The average Bonchev–Trinajstić information content (AvgIpc) is 2.45. The van der Waals surface area contributed by atoms with Gasteiger partial charge in [0.2, 0.25) is 0 Å². The Morgan fingerprint density at radius 3 is 2.50 bits per heavy atom. The van der Waals surface area contributed by atoms with Gasteiger partial charge in [-0.1, -0.05) is 13.5 Å². The van der Waals surface area contributed by atoms with Crippen molar-refractivity contribution in [2.24, 2.45) is 0 Å². The number of rotatable bonds is 9. The predicted octanol–water partition coefficient (Wildman–Crippen LogP) is 1.17. The van der Waals surface area contributed by atoms with Gasteiger partial charge in [0.15, 0.2) is 11.1 Å². The second-order valence-corrected chi connectivity index (χ2v) is 6.98. The Morgan fingerprint density at radius 1 is 1.25 bits per heavy atom. The summed E-state index contributed by atoms with van der Waals surface area (Å²) in [5.74, 6) is -0.234. The minimum Gasteiger partial charge on any atom is -0.351 e. The molecular weight excluding hydrogens is 358 g/mol. The Balaban J connectivity index is 0.00000529. The van der Waals surface area contributed by atoms with Crippen molar-refractivity contribution in [1.29, 1.82) is 0 Å². The standard InChI is InChI=1S/C13H19NO7S2.CH4/c1-10-3-4-12(9-11(10)2)13(15)14-5-8-22(16)20-6-7-21-23(17,18)19;/h3-4,9H,5-8H2,1-2H3,(H,14,15)(H,17,18,19);1H4. The second-order valence-electron chi connectivity index (χ2n) is 4.63. The minimum absolute atomic E-state index is 0. The molecule has 0 saturated heterocycles. The first-order valence-electron chi connectivity index (χ1n) is 6.68. The van der Waals surface area contributed by atoms with Gasteiger partial charge < -0.3 is 5.32 Å². The largest absolute Gasteiger partial charge is 0.397 e. The summed E-state index contributed by atoms with van der Waals surface area (Å²) in [6, 6.07) is 5.32. The lowest BCUT2D eigenvalue weighted by Crippen LogP contribution is -2.28. The summed E-state index contributed by atoms with van der Waals surface area (Å²) in [6.45, 7) is 3.28. The van der Waals surface area contributed by atoms with Crippen molar-refractivity contribution in [2.45, 2.75) is 21.3 Å². The number of carbonyl (C=O) groups excluding carboxylic acids is 1. The van der Waals surface area contributed by atoms with E-state index in [4.69, 9.17) is 8.74 Å². The van der Waals surface area contributed by atoms with Gasteiger partial charge in [-0.25, -0.2) is 8.39 Å². The monoisotopic (exact) mass is 381 g/mol. The highest BCUT2D eigenvalue weighted by Crippen LogP contribution is 2.09. The van der Waals surface area contributed by atoms with Crippen LogP contribution in [0.4, 0.5) is 0 Å². The highest BCUT2D eigenvalue weighted by Gasteiger charge is 2.08. The highest BCUT2D eigenvalue weighted by atomic mass is 32.3. The molecule has 0 bridgehead atoms. The van der Waals surface area contributed by atoms with E-state index in [-0.39, 0.29) is 32.2 Å². The quantitative estimate of drug-likeness (QED) is 0.487. The molecule has 0 fully saturated rings. The minimum atomic E-state index is -4.52. The van der Waals surface area contributed by atoms with Crippen molar-refractivity contribution in [1.82, 2.24) is 5.32 Å². The third-order valence-electron chi connectivity index (χ3n) is 2.85. The maximum atomic E-state index is 11.9. The van der Waals surface area contributed by atoms with Crippen molar-refractivity contribution in [3.05, 3.63) is 34.9 Å². The lowest BCUT2D eigenvalue weighted by Gasteiger charge is -2.07. The Hall–Kier alpha value is -1.33. The Labute approximate surface area is 145 Å². The van der Waals surface area contributed by atoms with E-state index in [1.807, 2.05) is 19.9 Å². The topological polar surface area (TPSA) is 119 Å². The van der Waals surface area contributed by atoms with E-state index < -0.39 is 28.1 Å². The maximum Gasteiger partial charge on any atom is 0.397 e. The summed E-state index contributed by atoms with van der Waals surface area (Å²) in [5.41, 5.74) is 2.60. The molecule has 0 aliphatic heterocycles. The SMILES string of the molecule is C.Cc1ccc(C(=O)NCCS(=O)OCCOS(=O)(=O)O)cc1C. The van der Waals surface area contributed by atoms with Crippen LogP contribution in [0, 0.1) is 13.8 Å². The molecule has 1 amide bonds. The number of aryl methyl sites for hydroxylation is 2. The molecule has 0 aliphatic carbocycles. The maximum absolute atomic E-state index is 11.9. The number of hydrogen-bond donors (Lipinski definition) is 2. The fourth-order valence-corrected chi connectivity index (χ4v) is 2.48. The second kappa shape index (κ2) is 10.5. The first-order valence-corrected chi connectivity index (χ1v) is 9.29. The van der Waals surface area contributed by atoms with Crippen molar-refractivity contribution in [3.63, 3.8) is 0 Å². The number of amides is 1. The van der Waals surface area contributed by atoms with Crippen LogP contribution in [-0.4, -0.2) is 48.6 Å². The third-order valence-corrected chi connectivity index (χ3v) is 4.29. The van der Waals surface area contributed by atoms with Crippen LogP contribution in [0.15, 0.2) is 18.2 Å². The van der Waals surface area contributed by atoms with Crippen LogP contribution < -0.4 is 5.32 Å². The number of carbonyl (C=O) groups is 1. The van der Waals surface area contributed by atoms with Crippen LogP contribution in [0.2, 0.25) is 0 Å². The van der Waals surface area contributed by atoms with E-state index in [1.54, 1.807) is 12.1 Å². The van der Waals surface area contributed by atoms with Gasteiger partial charge in [0.25, 0.3) is 5.91 Å². The molecule has 0 saturated carbocycles. The zero-order valence-corrected chi connectivity index (χ0v) is 14.4. The summed E-state index contributed by atoms with van der Waals surface area (Å²) in [6.07, 6.45) is 0. The van der Waals surface area contributed by atoms with Gasteiger partial charge in [-0.15, -0.1) is 0 Å². The Bertz CT molecular complexity index is 674. The number of hydrogen-bond acceptors (Lipinski definition) is 6. The van der Waals surface area contributed by atoms with Crippen LogP contribution >= 0.6 is 0 Å². The summed E-state index contributed by atoms with van der Waals surface area (Å²) in [5, 5.41) is 2.61. The van der Waals surface area contributed by atoms with Gasteiger partial charge >= 0.3 is 10.4 Å². The van der Waals surface area contributed by atoms with Crippen molar-refractivity contribution in [3.8, 4) is 0 Å². The molecule has 1 aromatic carbocycles. The fourth-order valence-electron chi connectivity index (χ4n) is 1.56. The average molecular weight is 381 g/mol. The van der Waals surface area contributed by atoms with Crippen molar-refractivity contribution in [2.75, 3.05) is 25.5 Å². The van der Waals surface area contributed by atoms with Gasteiger partial charge in [-0.2, -0.15) is 8.42 Å². The van der Waals surface area contributed by atoms with E-state index in [0.717, 1.165) is 11.1 Å². The number of nitrogens with one attached hydrogen (secondary N) is 1. The van der Waals surface area contributed by atoms with Gasteiger partial charge in [-0.05, 0) is 37.1 Å². The molecule has 0 aromatic heterocycles. The fraction of sp³-hybridized carbons (Fsp3) is 0.500. The van der Waals surface area contributed by atoms with Crippen LogP contribution in [0.5, 0.6) is 0 Å². The first kappa shape index (κ1) is 22.7. The van der Waals surface area contributed by atoms with Gasteiger partial charge in [0.05, 0.1) is 19.0 Å². The van der Waals surface area contributed by atoms with Gasteiger partial charge in [-0.3, -0.25) is 13.5 Å². The van der Waals surface area contributed by atoms with Crippen LogP contribution in [0.25, 0.3) is 0 Å². The van der Waals surface area contributed by atoms with Crippen molar-refractivity contribution < 1.29 is 30.3 Å². The molecular formula is C14H23NO7S2. The van der Waals surface area contributed by atoms with Crippen LogP contribution in [0.1, 0.15) is 28.9 Å². The van der Waals surface area contributed by atoms with Gasteiger partial charge in [0, 0.05) is 12.1 Å². The summed E-state index contributed by atoms with van der Waals surface area (Å²) in [7, 11) is -4.52. The molecule has 1 rings (SSSR count). The van der Waals surface area contributed by atoms with E-state index in [1.165, 1.54) is 0 Å². The van der Waals surface area contributed by atoms with E-state index in [2.05, 4.69) is 9.50 Å². The van der Waals surface area contributed by atoms with Crippen LogP contribution in [0.3, 0.4) is 0 Å². The lowest BCUT2D eigenvalue weighted by molar-refractivity contribution is 0.0956. The summed E-state index contributed by atoms with van der Waals surface area (Å²) >= 11 is -1.70. The molecule has 1 atom stereocenters. The smallest absolute Gasteiger partial charge is 0.351 e. The lowest BCUT2D eigenvalue weighted by atomic mass is 10.1. The third kappa shape index (κ3) is 9.08. The van der Waals surface area contributed by atoms with Crippen LogP contribution in [-0.2, 0) is 29.8 Å². The predicted molar refractivity (Wildman–Crippen MR) is 91.4 cm³/mol. The molecule has 8 nitrogen and oxygen atoms in total.